The van der Waals surface area contributed by atoms with Crippen LogP contribution < -0.4 is 0 Å². The number of aliphatic hydroxyl groups excluding tert-OH is 1. The maximum atomic E-state index is 6.88. The van der Waals surface area contributed by atoms with E-state index in [1.165, 1.54) is 0 Å². The fourth-order valence-electron chi connectivity index (χ4n) is 0. The topological polar surface area (TPSA) is 44.0 Å². The second kappa shape index (κ2) is 14.0. The van der Waals surface area contributed by atoms with Crippen molar-refractivity contribution in [2.45, 2.75) is 0 Å². The van der Waals surface area contributed by atoms with Crippen LogP contribution in [0.5, 0.6) is 0 Å². The second-order valence-corrected chi connectivity index (χ2v) is 0.100. The van der Waals surface area contributed by atoms with Gasteiger partial charge in [0.15, 0.2) is 0 Å². The first kappa shape index (κ1) is 9.18. The quantitative estimate of drug-likeness (QED) is 0.338. The molecule has 0 aromatic heterocycles. The first-order chi connectivity index (χ1) is 1.41. The maximum Gasteiger partial charge on any atom is 0.283 e. The van der Waals surface area contributed by atoms with Gasteiger partial charge in [-0.2, -0.15) is 5.26 Å². The molecule has 0 unspecified atom stereocenters. The van der Waals surface area contributed by atoms with Gasteiger partial charge in [-0.1, -0.05) is 0 Å². The van der Waals surface area contributed by atoms with Crippen LogP contribution in [0.25, 0.3) is 0 Å². The summed E-state index contributed by atoms with van der Waals surface area (Å²) in [7, 11) is 0. The van der Waals surface area contributed by atoms with Gasteiger partial charge in [0.2, 0.25) is 0 Å². The zero-order valence-electron chi connectivity index (χ0n) is 1.75. The van der Waals surface area contributed by atoms with Crippen LogP contribution >= 0.6 is 0 Å². The molecule has 0 fully saturated rings. The van der Waals surface area contributed by atoms with Gasteiger partial charge in [-0.05, 0) is 0 Å². The van der Waals surface area contributed by atoms with Gasteiger partial charge < -0.3 is 5.11 Å². The van der Waals surface area contributed by atoms with Gasteiger partial charge >= 0.3 is 0 Å². The van der Waals surface area contributed by atoms with E-state index in [-0.39, 0.29) is 17.1 Å². The normalized spacial score (nSPS) is 1.75. The van der Waals surface area contributed by atoms with Crippen molar-refractivity contribution >= 4 is 0 Å². The number of hydrogen-bond acceptors (Lipinski definition) is 2. The average Bonchev–Trinajstić information content (AvgIpc) is 0.918. The third-order valence-electron chi connectivity index (χ3n) is 0. The zero-order chi connectivity index (χ0) is 2.71. The van der Waals surface area contributed by atoms with Crippen LogP contribution in [0.2, 0.25) is 0 Å². The Morgan fingerprint density at radius 3 is 1.75 bits per heavy atom. The Hall–Kier alpha value is -0.191. The second-order valence-electron chi connectivity index (χ2n) is 0.100. The summed E-state index contributed by atoms with van der Waals surface area (Å²) >= 11 is 0. The Balaban J connectivity index is 0. The van der Waals surface area contributed by atoms with E-state index in [4.69, 9.17) is 10.4 Å². The molecule has 0 bridgehead atoms. The van der Waals surface area contributed by atoms with Gasteiger partial charge in [0.05, 0.1) is 0 Å². The summed E-state index contributed by atoms with van der Waals surface area (Å²) in [6, 6.07) is 0. The SMILES string of the molecule is N#CO.[Fe]. The minimum Gasteiger partial charge on any atom is -0.443 e. The molecule has 24 valence electrons. The summed E-state index contributed by atoms with van der Waals surface area (Å²) in [6.45, 7) is 0. The summed E-state index contributed by atoms with van der Waals surface area (Å²) in [5.74, 6) is 0. The Labute approximate surface area is 34.5 Å². The fraction of sp³-hybridized carbons (Fsp3) is 0. The van der Waals surface area contributed by atoms with E-state index in [0.717, 1.165) is 6.26 Å². The van der Waals surface area contributed by atoms with Crippen LogP contribution in [0.15, 0.2) is 0 Å². The van der Waals surface area contributed by atoms with Crippen molar-refractivity contribution in [3.8, 4) is 6.26 Å². The van der Waals surface area contributed by atoms with Crippen LogP contribution in [0.1, 0.15) is 0 Å². The van der Waals surface area contributed by atoms with Crippen LogP contribution in [0.3, 0.4) is 0 Å². The van der Waals surface area contributed by atoms with E-state index in [0.29, 0.717) is 0 Å². The van der Waals surface area contributed by atoms with Crippen molar-refractivity contribution in [2.75, 3.05) is 0 Å². The molecule has 0 saturated carbocycles. The molecule has 0 saturated heterocycles. The molecule has 0 atom stereocenters. The number of rotatable bonds is 0. The van der Waals surface area contributed by atoms with Crippen molar-refractivity contribution in [1.82, 2.24) is 0 Å². The molecule has 4 heavy (non-hydrogen) atoms. The van der Waals surface area contributed by atoms with Crippen molar-refractivity contribution in [2.24, 2.45) is 0 Å². The van der Waals surface area contributed by atoms with Gasteiger partial charge in [-0.25, -0.2) is 0 Å². The first-order valence-corrected chi connectivity index (χ1v) is 0.447. The molecule has 3 heteroatoms. The molecular weight excluding hydrogens is 97.9 g/mol. The predicted molar refractivity (Wildman–Crippen MR) is 7.55 cm³/mol. The molecule has 0 amide bonds. The van der Waals surface area contributed by atoms with E-state index in [1.54, 1.807) is 0 Å². The van der Waals surface area contributed by atoms with E-state index >= 15 is 0 Å². The Morgan fingerprint density at radius 1 is 1.75 bits per heavy atom. The summed E-state index contributed by atoms with van der Waals surface area (Å²) in [5, 5.41) is 13.8. The van der Waals surface area contributed by atoms with Crippen molar-refractivity contribution < 1.29 is 22.2 Å². The maximum absolute atomic E-state index is 6.88. The van der Waals surface area contributed by atoms with E-state index < -0.39 is 0 Å². The molecule has 0 aromatic carbocycles. The van der Waals surface area contributed by atoms with E-state index in [1.807, 2.05) is 0 Å². The molecule has 0 aliphatic rings. The standard InChI is InChI=1S/CHNO.Fe/c2-1-3;/h3H;. The van der Waals surface area contributed by atoms with E-state index in [2.05, 4.69) is 0 Å². The molecule has 0 aliphatic heterocycles. The number of hydrogen-bond donors (Lipinski definition) is 1. The fourth-order valence-corrected chi connectivity index (χ4v) is 0. The zero-order valence-corrected chi connectivity index (χ0v) is 2.85. The summed E-state index contributed by atoms with van der Waals surface area (Å²) in [5.41, 5.74) is 0. The van der Waals surface area contributed by atoms with Gasteiger partial charge in [0, 0.05) is 17.1 Å². The van der Waals surface area contributed by atoms with Gasteiger partial charge in [-0.3, -0.25) is 0 Å². The number of aliphatic hydroxyl groups is 1. The molecular formula is CHFeNO. The van der Waals surface area contributed by atoms with Gasteiger partial charge in [0.25, 0.3) is 6.26 Å². The summed E-state index contributed by atoms with van der Waals surface area (Å²) in [4.78, 5) is 0. The monoisotopic (exact) mass is 98.9 g/mol. The largest absolute Gasteiger partial charge is 0.443 e. The molecule has 0 spiro atoms. The molecule has 0 rings (SSSR count). The molecule has 1 N–H and O–H groups in total. The van der Waals surface area contributed by atoms with Crippen molar-refractivity contribution in [3.63, 3.8) is 0 Å². The average molecular weight is 98.9 g/mol. The van der Waals surface area contributed by atoms with Gasteiger partial charge in [0.1, 0.15) is 0 Å². The first-order valence-electron chi connectivity index (χ1n) is 0.447. The Kier molecular flexibility index (Phi) is 32.2. The van der Waals surface area contributed by atoms with Crippen LogP contribution in [0.4, 0.5) is 0 Å². The van der Waals surface area contributed by atoms with Gasteiger partial charge in [-0.15, -0.1) is 0 Å². The van der Waals surface area contributed by atoms with Crippen molar-refractivity contribution in [3.05, 3.63) is 0 Å². The smallest absolute Gasteiger partial charge is 0.283 e. The summed E-state index contributed by atoms with van der Waals surface area (Å²) in [6.07, 6.45) is 0.750. The third-order valence-corrected chi connectivity index (χ3v) is 0. The molecule has 2 nitrogen and oxygen atoms in total. The number of nitrogens with zero attached hydrogens (tertiary/aromatic N) is 1. The van der Waals surface area contributed by atoms with Crippen LogP contribution in [-0.4, -0.2) is 5.11 Å². The van der Waals surface area contributed by atoms with Crippen molar-refractivity contribution in [1.29, 1.82) is 5.26 Å². The third kappa shape index (κ3) is 32.7. The van der Waals surface area contributed by atoms with Crippen LogP contribution in [-0.2, 0) is 17.1 Å². The Morgan fingerprint density at radius 2 is 1.75 bits per heavy atom. The van der Waals surface area contributed by atoms with E-state index in [9.17, 15) is 0 Å². The molecule has 0 aliphatic carbocycles. The molecule has 0 aromatic rings. The minimum atomic E-state index is 0. The predicted octanol–water partition coefficient (Wildman–Crippen LogP) is -0.163. The number of nitriles is 1. The summed E-state index contributed by atoms with van der Waals surface area (Å²) < 4.78 is 0. The molecule has 0 heterocycles. The van der Waals surface area contributed by atoms with Crippen LogP contribution in [0, 0.1) is 11.5 Å². The molecule has 0 radical (unpaired) electrons. The Bertz CT molecular complexity index is 29.5. The minimum absolute atomic E-state index is 0.